The molecule has 0 saturated carbocycles. The van der Waals surface area contributed by atoms with E-state index in [4.69, 9.17) is 27.9 Å². The molecule has 0 aliphatic rings. The van der Waals surface area contributed by atoms with E-state index in [-0.39, 0.29) is 25.0 Å². The fourth-order valence-electron chi connectivity index (χ4n) is 3.42. The molecule has 0 heterocycles. The average Bonchev–Trinajstić information content (AvgIpc) is 2.73. The lowest BCUT2D eigenvalue weighted by Crippen LogP contribution is -2.54. The Labute approximate surface area is 221 Å². The Kier molecular flexibility index (Phi) is 10.3. The number of hydrogen-bond donors (Lipinski definition) is 1. The molecule has 186 valence electrons. The van der Waals surface area contributed by atoms with Gasteiger partial charge in [-0.25, -0.2) is 0 Å². The van der Waals surface area contributed by atoms with Crippen LogP contribution in [-0.4, -0.2) is 34.9 Å². The van der Waals surface area contributed by atoms with Crippen molar-refractivity contribution in [2.45, 2.75) is 72.0 Å². The van der Waals surface area contributed by atoms with Crippen molar-refractivity contribution in [3.8, 4) is 5.75 Å². The van der Waals surface area contributed by atoms with Crippen LogP contribution in [0.4, 0.5) is 0 Å². The molecule has 0 saturated heterocycles. The van der Waals surface area contributed by atoms with Crippen LogP contribution in [0.5, 0.6) is 5.75 Å². The summed E-state index contributed by atoms with van der Waals surface area (Å²) in [5.41, 5.74) is 1.51. The number of amides is 2. The number of hydrogen-bond acceptors (Lipinski definition) is 3. The van der Waals surface area contributed by atoms with E-state index in [0.717, 1.165) is 15.6 Å². The molecule has 0 aliphatic heterocycles. The van der Waals surface area contributed by atoms with Crippen LogP contribution in [0.1, 0.15) is 65.0 Å². The molecule has 0 fully saturated rings. The van der Waals surface area contributed by atoms with Crippen molar-refractivity contribution in [3.63, 3.8) is 0 Å². The van der Waals surface area contributed by atoms with Crippen LogP contribution < -0.4 is 10.1 Å². The predicted molar refractivity (Wildman–Crippen MR) is 143 cm³/mol. The lowest BCUT2D eigenvalue weighted by molar-refractivity contribution is -0.143. The normalized spacial score (nSPS) is 12.4. The monoisotopic (exact) mass is 570 g/mol. The largest absolute Gasteiger partial charge is 0.483 e. The zero-order valence-electron chi connectivity index (χ0n) is 20.5. The Morgan fingerprint density at radius 1 is 1.09 bits per heavy atom. The summed E-state index contributed by atoms with van der Waals surface area (Å²) in [4.78, 5) is 28.0. The Morgan fingerprint density at radius 2 is 1.76 bits per heavy atom. The molecule has 34 heavy (non-hydrogen) atoms. The molecule has 0 bridgehead atoms. The predicted octanol–water partition coefficient (Wildman–Crippen LogP) is 6.98. The van der Waals surface area contributed by atoms with Crippen molar-refractivity contribution in [1.82, 2.24) is 10.2 Å². The van der Waals surface area contributed by atoms with Gasteiger partial charge in [0.05, 0.1) is 14.5 Å². The summed E-state index contributed by atoms with van der Waals surface area (Å²) >= 11 is 15.8. The lowest BCUT2D eigenvalue weighted by atomic mass is 10.0. The number of ether oxygens (including phenoxy) is 1. The van der Waals surface area contributed by atoms with Crippen molar-refractivity contribution < 1.29 is 14.3 Å². The minimum Gasteiger partial charge on any atom is -0.483 e. The van der Waals surface area contributed by atoms with Gasteiger partial charge in [0.15, 0.2) is 6.61 Å². The molecule has 0 aliphatic carbocycles. The van der Waals surface area contributed by atoms with E-state index in [1.54, 1.807) is 18.2 Å². The summed E-state index contributed by atoms with van der Waals surface area (Å²) in [7, 11) is 0. The third-order valence-corrected chi connectivity index (χ3v) is 6.55. The first kappa shape index (κ1) is 28.5. The Morgan fingerprint density at radius 3 is 2.29 bits per heavy atom. The number of halogens is 3. The highest BCUT2D eigenvalue weighted by Gasteiger charge is 2.31. The fourth-order valence-corrected chi connectivity index (χ4v) is 4.25. The van der Waals surface area contributed by atoms with E-state index in [0.29, 0.717) is 28.1 Å². The van der Waals surface area contributed by atoms with Crippen LogP contribution in [-0.2, 0) is 16.1 Å². The molecule has 1 unspecified atom stereocenters. The third-order valence-electron chi connectivity index (χ3n) is 5.19. The highest BCUT2D eigenvalue weighted by Crippen LogP contribution is 2.29. The SMILES string of the molecule is CCC(C(=O)NC(C)(C)C)N(Cc1ccc(Cl)c(Cl)c1)C(=O)COc1ccc(C(C)C)cc1Br. The quantitative estimate of drug-likeness (QED) is 0.353. The van der Waals surface area contributed by atoms with Gasteiger partial charge in [-0.05, 0) is 84.4 Å². The highest BCUT2D eigenvalue weighted by molar-refractivity contribution is 9.10. The number of nitrogens with zero attached hydrogens (tertiary/aromatic N) is 1. The number of benzene rings is 2. The van der Waals surface area contributed by atoms with Crippen molar-refractivity contribution in [1.29, 1.82) is 0 Å². The molecule has 8 heteroatoms. The third kappa shape index (κ3) is 8.17. The van der Waals surface area contributed by atoms with Gasteiger partial charge in [0, 0.05) is 12.1 Å². The van der Waals surface area contributed by atoms with Crippen molar-refractivity contribution in [3.05, 3.63) is 62.0 Å². The van der Waals surface area contributed by atoms with Gasteiger partial charge in [-0.2, -0.15) is 0 Å². The van der Waals surface area contributed by atoms with E-state index in [1.165, 1.54) is 4.90 Å². The summed E-state index contributed by atoms with van der Waals surface area (Å²) in [6.45, 7) is 11.8. The van der Waals surface area contributed by atoms with E-state index < -0.39 is 11.6 Å². The molecule has 1 atom stereocenters. The van der Waals surface area contributed by atoms with Crippen LogP contribution in [0.25, 0.3) is 0 Å². The topological polar surface area (TPSA) is 58.6 Å². The molecule has 0 spiro atoms. The van der Waals surface area contributed by atoms with Gasteiger partial charge in [-0.3, -0.25) is 9.59 Å². The Bertz CT molecular complexity index is 1020. The maximum atomic E-state index is 13.4. The molecule has 2 rings (SSSR count). The van der Waals surface area contributed by atoms with E-state index >= 15 is 0 Å². The molecular formula is C26H33BrCl2N2O3. The van der Waals surface area contributed by atoms with Crippen molar-refractivity contribution in [2.75, 3.05) is 6.61 Å². The second kappa shape index (κ2) is 12.3. The average molecular weight is 572 g/mol. The van der Waals surface area contributed by atoms with E-state index in [9.17, 15) is 9.59 Å². The maximum Gasteiger partial charge on any atom is 0.261 e. The molecule has 5 nitrogen and oxygen atoms in total. The Balaban J connectivity index is 2.28. The number of nitrogens with one attached hydrogen (secondary N) is 1. The Hall–Kier alpha value is -1.76. The summed E-state index contributed by atoms with van der Waals surface area (Å²) in [6.07, 6.45) is 0.446. The minimum atomic E-state index is -0.670. The number of carbonyl (C=O) groups excluding carboxylic acids is 2. The van der Waals surface area contributed by atoms with E-state index in [2.05, 4.69) is 35.1 Å². The zero-order valence-corrected chi connectivity index (χ0v) is 23.6. The number of carbonyl (C=O) groups is 2. The molecule has 0 aromatic heterocycles. The summed E-state index contributed by atoms with van der Waals surface area (Å²) in [5.74, 6) is 0.424. The van der Waals surface area contributed by atoms with E-state index in [1.807, 2.05) is 45.9 Å². The summed E-state index contributed by atoms with van der Waals surface area (Å²) in [6, 6.07) is 10.3. The van der Waals surface area contributed by atoms with Crippen LogP contribution in [0.15, 0.2) is 40.9 Å². The highest BCUT2D eigenvalue weighted by atomic mass is 79.9. The molecule has 2 amide bonds. The van der Waals surface area contributed by atoms with Gasteiger partial charge < -0.3 is 15.0 Å². The minimum absolute atomic E-state index is 0.197. The summed E-state index contributed by atoms with van der Waals surface area (Å²) in [5, 5.41) is 3.81. The second-order valence-corrected chi connectivity index (χ2v) is 11.2. The smallest absolute Gasteiger partial charge is 0.261 e. The van der Waals surface area contributed by atoms with Crippen LogP contribution in [0.2, 0.25) is 10.0 Å². The molecule has 0 radical (unpaired) electrons. The van der Waals surface area contributed by atoms with Gasteiger partial charge >= 0.3 is 0 Å². The lowest BCUT2D eigenvalue weighted by Gasteiger charge is -2.33. The zero-order chi connectivity index (χ0) is 25.6. The van der Waals surface area contributed by atoms with Gasteiger partial charge in [0.1, 0.15) is 11.8 Å². The fraction of sp³-hybridized carbons (Fsp3) is 0.462. The van der Waals surface area contributed by atoms with Gasteiger partial charge in [0.25, 0.3) is 5.91 Å². The molecule has 2 aromatic carbocycles. The first-order chi connectivity index (χ1) is 15.8. The standard InChI is InChI=1S/C26H33BrCl2N2O3/c1-7-22(25(33)30-26(4,5)6)31(14-17-8-10-20(28)21(29)12-17)24(32)15-34-23-11-9-18(16(2)3)13-19(23)27/h8-13,16,22H,7,14-15H2,1-6H3,(H,30,33). The van der Waals surface area contributed by atoms with Gasteiger partial charge in [-0.15, -0.1) is 0 Å². The number of rotatable bonds is 9. The van der Waals surface area contributed by atoms with Gasteiger partial charge in [0.2, 0.25) is 5.91 Å². The molecule has 2 aromatic rings. The van der Waals surface area contributed by atoms with Gasteiger partial charge in [-0.1, -0.05) is 56.1 Å². The second-order valence-electron chi connectivity index (χ2n) is 9.57. The van der Waals surface area contributed by atoms with Crippen LogP contribution in [0.3, 0.4) is 0 Å². The molecular weight excluding hydrogens is 539 g/mol. The first-order valence-electron chi connectivity index (χ1n) is 11.3. The first-order valence-corrected chi connectivity index (χ1v) is 12.8. The molecule has 1 N–H and O–H groups in total. The maximum absolute atomic E-state index is 13.4. The van der Waals surface area contributed by atoms with Crippen molar-refractivity contribution >= 4 is 50.9 Å². The summed E-state index contributed by atoms with van der Waals surface area (Å²) < 4.78 is 6.63. The van der Waals surface area contributed by atoms with Crippen LogP contribution in [0, 0.1) is 0 Å². The van der Waals surface area contributed by atoms with Crippen molar-refractivity contribution in [2.24, 2.45) is 0 Å². The van der Waals surface area contributed by atoms with Crippen LogP contribution >= 0.6 is 39.1 Å².